The first-order chi connectivity index (χ1) is 14.6. The molecule has 31 heavy (non-hydrogen) atoms. The third-order valence-electron chi connectivity index (χ3n) is 4.27. The van der Waals surface area contributed by atoms with Gasteiger partial charge in [0.05, 0.1) is 15.8 Å². The smallest absolute Gasteiger partial charge is 0.422 e. The summed E-state index contributed by atoms with van der Waals surface area (Å²) in [4.78, 5) is 20.7. The highest BCUT2D eigenvalue weighted by atomic mass is 32.2. The van der Waals surface area contributed by atoms with E-state index in [1.54, 1.807) is 18.2 Å². The number of rotatable bonds is 6. The maximum absolute atomic E-state index is 12.5. The molecular weight excluding hydrogens is 455 g/mol. The summed E-state index contributed by atoms with van der Waals surface area (Å²) in [6.07, 6.45) is -3.12. The fourth-order valence-corrected chi connectivity index (χ4v) is 5.34. The normalized spacial score (nSPS) is 20.8. The van der Waals surface area contributed by atoms with E-state index in [0.717, 1.165) is 11.3 Å². The third-order valence-corrected chi connectivity index (χ3v) is 7.21. The molecule has 0 spiro atoms. The first kappa shape index (κ1) is 21.5. The van der Waals surface area contributed by atoms with E-state index in [4.69, 9.17) is 9.47 Å². The van der Waals surface area contributed by atoms with Gasteiger partial charge < -0.3 is 14.8 Å². The van der Waals surface area contributed by atoms with Crippen LogP contribution in [0.2, 0.25) is 0 Å². The summed E-state index contributed by atoms with van der Waals surface area (Å²) in [5, 5.41) is 3.10. The summed E-state index contributed by atoms with van der Waals surface area (Å²) in [5.74, 6) is 0.514. The van der Waals surface area contributed by atoms with E-state index in [1.807, 2.05) is 6.92 Å². The number of thiazole rings is 1. The fourth-order valence-electron chi connectivity index (χ4n) is 2.97. The molecule has 0 unspecified atom stereocenters. The molecule has 2 aromatic heterocycles. The van der Waals surface area contributed by atoms with Gasteiger partial charge in [-0.3, -0.25) is 9.00 Å². The van der Waals surface area contributed by atoms with Crippen LogP contribution in [-0.4, -0.2) is 49.9 Å². The molecule has 1 aliphatic rings. The molecule has 1 saturated heterocycles. The molecule has 1 fully saturated rings. The number of halogens is 3. The van der Waals surface area contributed by atoms with Gasteiger partial charge in [-0.1, -0.05) is 0 Å². The van der Waals surface area contributed by atoms with Crippen LogP contribution in [0.1, 0.15) is 16.7 Å². The zero-order valence-corrected chi connectivity index (χ0v) is 17.7. The van der Waals surface area contributed by atoms with Crippen LogP contribution >= 0.6 is 11.3 Å². The number of nitrogens with one attached hydrogen (secondary N) is 1. The van der Waals surface area contributed by atoms with Gasteiger partial charge in [0.2, 0.25) is 0 Å². The van der Waals surface area contributed by atoms with Crippen LogP contribution in [-0.2, 0) is 10.8 Å². The van der Waals surface area contributed by atoms with E-state index in [2.05, 4.69) is 15.3 Å². The highest BCUT2D eigenvalue weighted by Crippen LogP contribution is 2.33. The van der Waals surface area contributed by atoms with Crippen LogP contribution in [0.25, 0.3) is 10.2 Å². The number of fused-ring (bicyclic) bond motifs is 1. The molecule has 0 radical (unpaired) electrons. The van der Waals surface area contributed by atoms with Crippen LogP contribution in [0.3, 0.4) is 0 Å². The first-order valence-electron chi connectivity index (χ1n) is 9.01. The standard InChI is InChI=1S/C19H16F3N3O4S2/c1-18(9-31(27)10-18)25-15(26)17-24-12-5-4-11(7-14(12)30-17)29-16-13(3-2-6-23-16)28-8-19(20,21)22/h2-7H,8-10H2,1H3,(H,25,26). The summed E-state index contributed by atoms with van der Waals surface area (Å²) in [6, 6.07) is 7.59. The van der Waals surface area contributed by atoms with E-state index >= 15 is 0 Å². The number of alkyl halides is 3. The Kier molecular flexibility index (Phi) is 5.60. The summed E-state index contributed by atoms with van der Waals surface area (Å²) in [7, 11) is -0.907. The molecule has 3 heterocycles. The highest BCUT2D eigenvalue weighted by molar-refractivity contribution is 7.86. The first-order valence-corrected chi connectivity index (χ1v) is 11.3. The zero-order valence-electron chi connectivity index (χ0n) is 16.1. The molecule has 0 atom stereocenters. The van der Waals surface area contributed by atoms with Crippen molar-refractivity contribution in [1.29, 1.82) is 0 Å². The number of benzene rings is 1. The number of hydrogen-bond acceptors (Lipinski definition) is 7. The minimum absolute atomic E-state index is 0.112. The van der Waals surface area contributed by atoms with Gasteiger partial charge in [-0.15, -0.1) is 11.3 Å². The molecule has 12 heteroatoms. The summed E-state index contributed by atoms with van der Waals surface area (Å²) in [5.41, 5.74) is 0.0688. The third kappa shape index (κ3) is 5.13. The van der Waals surface area contributed by atoms with Gasteiger partial charge in [0, 0.05) is 34.6 Å². The lowest BCUT2D eigenvalue weighted by molar-refractivity contribution is -0.153. The van der Waals surface area contributed by atoms with Crippen LogP contribution in [0.4, 0.5) is 13.2 Å². The summed E-state index contributed by atoms with van der Waals surface area (Å²) >= 11 is 1.14. The molecule has 1 N–H and O–H groups in total. The second-order valence-electron chi connectivity index (χ2n) is 7.20. The van der Waals surface area contributed by atoms with Crippen LogP contribution in [0, 0.1) is 0 Å². The maximum Gasteiger partial charge on any atom is 0.422 e. The quantitative estimate of drug-likeness (QED) is 0.590. The van der Waals surface area contributed by atoms with Crippen molar-refractivity contribution >= 4 is 38.3 Å². The van der Waals surface area contributed by atoms with E-state index in [0.29, 0.717) is 27.5 Å². The maximum atomic E-state index is 12.5. The lowest BCUT2D eigenvalue weighted by Crippen LogP contribution is -2.61. The van der Waals surface area contributed by atoms with Gasteiger partial charge in [0.1, 0.15) is 5.75 Å². The van der Waals surface area contributed by atoms with Crippen LogP contribution < -0.4 is 14.8 Å². The average Bonchev–Trinajstić information content (AvgIpc) is 3.09. The van der Waals surface area contributed by atoms with Gasteiger partial charge in [-0.05, 0) is 31.2 Å². The number of hydrogen-bond donors (Lipinski definition) is 1. The van der Waals surface area contributed by atoms with Gasteiger partial charge in [-0.2, -0.15) is 13.2 Å². The molecule has 1 aliphatic heterocycles. The number of nitrogens with zero attached hydrogens (tertiary/aromatic N) is 2. The Morgan fingerprint density at radius 1 is 1.32 bits per heavy atom. The number of amides is 1. The molecule has 1 aromatic carbocycles. The topological polar surface area (TPSA) is 90.4 Å². The number of carbonyl (C=O) groups excluding carboxylic acids is 1. The summed E-state index contributed by atoms with van der Waals surface area (Å²) < 4.78 is 59.7. The minimum atomic E-state index is -4.49. The molecule has 0 bridgehead atoms. The number of aromatic nitrogens is 2. The van der Waals surface area contributed by atoms with Crippen LogP contribution in [0.15, 0.2) is 36.5 Å². The summed E-state index contributed by atoms with van der Waals surface area (Å²) in [6.45, 7) is 0.366. The zero-order chi connectivity index (χ0) is 22.2. The van der Waals surface area contributed by atoms with Crippen molar-refractivity contribution in [3.05, 3.63) is 41.5 Å². The van der Waals surface area contributed by atoms with E-state index < -0.39 is 29.1 Å². The number of carbonyl (C=O) groups is 1. The number of pyridine rings is 1. The fraction of sp³-hybridized carbons (Fsp3) is 0.316. The lowest BCUT2D eigenvalue weighted by Gasteiger charge is -2.37. The predicted octanol–water partition coefficient (Wildman–Crippen LogP) is 3.68. The van der Waals surface area contributed by atoms with Crippen molar-refractivity contribution in [3.8, 4) is 17.4 Å². The van der Waals surface area contributed by atoms with Crippen molar-refractivity contribution in [2.75, 3.05) is 18.1 Å². The predicted molar refractivity (Wildman–Crippen MR) is 109 cm³/mol. The van der Waals surface area contributed by atoms with Gasteiger partial charge in [0.25, 0.3) is 11.8 Å². The second kappa shape index (κ2) is 8.08. The SMILES string of the molecule is CC1(NC(=O)c2nc3ccc(Oc4ncccc4OCC(F)(F)F)cc3s2)CS(=O)C1. The van der Waals surface area contributed by atoms with Gasteiger partial charge >= 0.3 is 6.18 Å². The van der Waals surface area contributed by atoms with Crippen molar-refractivity contribution in [3.63, 3.8) is 0 Å². The minimum Gasteiger partial charge on any atom is -0.478 e. The van der Waals surface area contributed by atoms with Crippen molar-refractivity contribution < 1.29 is 31.6 Å². The molecule has 164 valence electrons. The Balaban J connectivity index is 1.50. The molecule has 1 amide bonds. The van der Waals surface area contributed by atoms with E-state index in [-0.39, 0.29) is 22.5 Å². The highest BCUT2D eigenvalue weighted by Gasteiger charge is 2.40. The Labute approximate surface area is 181 Å². The molecule has 7 nitrogen and oxygen atoms in total. The Hall–Kier alpha value is -2.73. The van der Waals surface area contributed by atoms with Crippen molar-refractivity contribution in [2.24, 2.45) is 0 Å². The monoisotopic (exact) mass is 471 g/mol. The van der Waals surface area contributed by atoms with E-state index in [1.165, 1.54) is 18.3 Å². The Morgan fingerprint density at radius 3 is 2.81 bits per heavy atom. The Morgan fingerprint density at radius 2 is 2.10 bits per heavy atom. The van der Waals surface area contributed by atoms with Crippen LogP contribution in [0.5, 0.6) is 17.4 Å². The lowest BCUT2D eigenvalue weighted by atomic mass is 10.1. The molecular formula is C19H16F3N3O4S2. The largest absolute Gasteiger partial charge is 0.478 e. The molecule has 3 aromatic rings. The second-order valence-corrected chi connectivity index (χ2v) is 9.69. The van der Waals surface area contributed by atoms with Crippen molar-refractivity contribution in [1.82, 2.24) is 15.3 Å². The van der Waals surface area contributed by atoms with E-state index in [9.17, 15) is 22.2 Å². The van der Waals surface area contributed by atoms with Crippen molar-refractivity contribution in [2.45, 2.75) is 18.6 Å². The molecule has 0 saturated carbocycles. The Bertz CT molecular complexity index is 1160. The number of ether oxygens (including phenoxy) is 2. The molecule has 4 rings (SSSR count). The molecule has 0 aliphatic carbocycles. The van der Waals surface area contributed by atoms with Gasteiger partial charge in [-0.25, -0.2) is 9.97 Å². The average molecular weight is 471 g/mol. The van der Waals surface area contributed by atoms with Gasteiger partial charge in [0.15, 0.2) is 17.4 Å².